The number of hydrogen-bond donors (Lipinski definition) is 1. The minimum atomic E-state index is 0.620. The average molecular weight is 197 g/mol. The summed E-state index contributed by atoms with van der Waals surface area (Å²) in [6.45, 7) is 2.30. The van der Waals surface area contributed by atoms with Crippen LogP contribution in [0.25, 0.3) is 0 Å². The third-order valence-electron chi connectivity index (χ3n) is 2.42. The Morgan fingerprint density at radius 3 is 3.00 bits per heavy atom. The summed E-state index contributed by atoms with van der Waals surface area (Å²) >= 11 is 2.03. The molecule has 1 aliphatic rings. The molecule has 2 atom stereocenters. The van der Waals surface area contributed by atoms with Gasteiger partial charge in [-0.3, -0.25) is 4.68 Å². The highest BCUT2D eigenvalue weighted by atomic mass is 32.2. The fourth-order valence-corrected chi connectivity index (χ4v) is 2.96. The standard InChI is InChI=1S/C9H15N3S/c1-7-5-13-6-9(7)11-8-3-10-12(2)4-8/h3-4,7,9,11H,5-6H2,1-2H3. The van der Waals surface area contributed by atoms with Crippen LogP contribution in [0.2, 0.25) is 0 Å². The van der Waals surface area contributed by atoms with Crippen molar-refractivity contribution in [3.8, 4) is 0 Å². The van der Waals surface area contributed by atoms with E-state index in [1.54, 1.807) is 0 Å². The molecule has 2 unspecified atom stereocenters. The Hall–Kier alpha value is -0.640. The first kappa shape index (κ1) is 8.94. The van der Waals surface area contributed by atoms with E-state index in [2.05, 4.69) is 17.3 Å². The van der Waals surface area contributed by atoms with Crippen LogP contribution >= 0.6 is 11.8 Å². The summed E-state index contributed by atoms with van der Waals surface area (Å²) in [5.41, 5.74) is 1.14. The molecular weight excluding hydrogens is 182 g/mol. The molecule has 0 spiro atoms. The van der Waals surface area contributed by atoms with Crippen molar-refractivity contribution in [3.63, 3.8) is 0 Å². The molecule has 3 nitrogen and oxygen atoms in total. The molecule has 1 aromatic rings. The molecule has 13 heavy (non-hydrogen) atoms. The molecule has 4 heteroatoms. The number of rotatable bonds is 2. The first-order chi connectivity index (χ1) is 6.25. The van der Waals surface area contributed by atoms with E-state index < -0.39 is 0 Å². The average Bonchev–Trinajstić information content (AvgIpc) is 2.64. The molecule has 0 saturated carbocycles. The van der Waals surface area contributed by atoms with E-state index in [9.17, 15) is 0 Å². The third kappa shape index (κ3) is 1.99. The largest absolute Gasteiger partial charge is 0.379 e. The second-order valence-electron chi connectivity index (χ2n) is 3.67. The lowest BCUT2D eigenvalue weighted by Crippen LogP contribution is -2.25. The predicted octanol–water partition coefficient (Wildman–Crippen LogP) is 1.58. The topological polar surface area (TPSA) is 29.9 Å². The summed E-state index contributed by atoms with van der Waals surface area (Å²) in [4.78, 5) is 0. The SMILES string of the molecule is CC1CSCC1Nc1cnn(C)c1. The Kier molecular flexibility index (Phi) is 2.49. The number of aromatic nitrogens is 2. The lowest BCUT2D eigenvalue weighted by Gasteiger charge is -2.15. The van der Waals surface area contributed by atoms with Crippen LogP contribution in [0.3, 0.4) is 0 Å². The minimum Gasteiger partial charge on any atom is -0.379 e. The molecule has 2 heterocycles. The summed E-state index contributed by atoms with van der Waals surface area (Å²) in [7, 11) is 1.94. The van der Waals surface area contributed by atoms with Crippen molar-refractivity contribution < 1.29 is 0 Å². The van der Waals surface area contributed by atoms with Gasteiger partial charge in [0.15, 0.2) is 0 Å². The van der Waals surface area contributed by atoms with Gasteiger partial charge in [0.05, 0.1) is 11.9 Å². The highest BCUT2D eigenvalue weighted by molar-refractivity contribution is 7.99. The van der Waals surface area contributed by atoms with Crippen LogP contribution in [0, 0.1) is 5.92 Å². The monoisotopic (exact) mass is 197 g/mol. The van der Waals surface area contributed by atoms with E-state index in [1.807, 2.05) is 35.9 Å². The van der Waals surface area contributed by atoms with Crippen LogP contribution < -0.4 is 5.32 Å². The molecule has 0 amide bonds. The Labute approximate surface area is 82.9 Å². The van der Waals surface area contributed by atoms with Crippen LogP contribution in [0.15, 0.2) is 12.4 Å². The van der Waals surface area contributed by atoms with E-state index in [4.69, 9.17) is 0 Å². The van der Waals surface area contributed by atoms with Gasteiger partial charge in [-0.1, -0.05) is 6.92 Å². The first-order valence-electron chi connectivity index (χ1n) is 4.58. The Bertz CT molecular complexity index is 284. The van der Waals surface area contributed by atoms with Crippen LogP contribution in [0.1, 0.15) is 6.92 Å². The molecule has 1 aromatic heterocycles. The van der Waals surface area contributed by atoms with E-state index in [-0.39, 0.29) is 0 Å². The van der Waals surface area contributed by atoms with Crippen molar-refractivity contribution in [2.45, 2.75) is 13.0 Å². The van der Waals surface area contributed by atoms with Crippen LogP contribution in [-0.4, -0.2) is 27.3 Å². The molecule has 1 saturated heterocycles. The van der Waals surface area contributed by atoms with Gasteiger partial charge < -0.3 is 5.32 Å². The third-order valence-corrected chi connectivity index (χ3v) is 3.78. The van der Waals surface area contributed by atoms with Gasteiger partial charge in [-0.2, -0.15) is 16.9 Å². The highest BCUT2D eigenvalue weighted by Gasteiger charge is 2.23. The van der Waals surface area contributed by atoms with Gasteiger partial charge in [-0.25, -0.2) is 0 Å². The second-order valence-corrected chi connectivity index (χ2v) is 4.74. The van der Waals surface area contributed by atoms with Crippen molar-refractivity contribution in [2.24, 2.45) is 13.0 Å². The van der Waals surface area contributed by atoms with Gasteiger partial charge in [-0.15, -0.1) is 0 Å². The highest BCUT2D eigenvalue weighted by Crippen LogP contribution is 2.26. The van der Waals surface area contributed by atoms with Gasteiger partial charge >= 0.3 is 0 Å². The van der Waals surface area contributed by atoms with Crippen molar-refractivity contribution >= 4 is 17.4 Å². The molecule has 1 fully saturated rings. The Morgan fingerprint density at radius 1 is 1.62 bits per heavy atom. The van der Waals surface area contributed by atoms with E-state index in [0.717, 1.165) is 11.6 Å². The lowest BCUT2D eigenvalue weighted by atomic mass is 10.1. The van der Waals surface area contributed by atoms with Crippen molar-refractivity contribution in [3.05, 3.63) is 12.4 Å². The van der Waals surface area contributed by atoms with Crippen LogP contribution in [0.4, 0.5) is 5.69 Å². The van der Waals surface area contributed by atoms with Crippen molar-refractivity contribution in [2.75, 3.05) is 16.8 Å². The van der Waals surface area contributed by atoms with Gasteiger partial charge in [0, 0.05) is 25.0 Å². The van der Waals surface area contributed by atoms with Gasteiger partial charge in [0.25, 0.3) is 0 Å². The van der Waals surface area contributed by atoms with E-state index in [0.29, 0.717) is 6.04 Å². The first-order valence-corrected chi connectivity index (χ1v) is 5.74. The molecule has 0 aliphatic carbocycles. The summed E-state index contributed by atoms with van der Waals surface area (Å²) < 4.78 is 1.83. The molecule has 1 N–H and O–H groups in total. The molecule has 72 valence electrons. The summed E-state index contributed by atoms with van der Waals surface area (Å²) in [6.07, 6.45) is 3.91. The Morgan fingerprint density at radius 2 is 2.46 bits per heavy atom. The smallest absolute Gasteiger partial charge is 0.0728 e. The number of anilines is 1. The maximum Gasteiger partial charge on any atom is 0.0728 e. The van der Waals surface area contributed by atoms with E-state index >= 15 is 0 Å². The molecule has 1 aliphatic heterocycles. The fourth-order valence-electron chi connectivity index (χ4n) is 1.56. The van der Waals surface area contributed by atoms with Crippen molar-refractivity contribution in [1.29, 1.82) is 0 Å². The minimum absolute atomic E-state index is 0.620. The normalized spacial score (nSPS) is 27.8. The maximum atomic E-state index is 4.13. The van der Waals surface area contributed by atoms with Gasteiger partial charge in [-0.05, 0) is 11.7 Å². The molecule has 2 rings (SSSR count). The second kappa shape index (κ2) is 3.62. The number of hydrogen-bond acceptors (Lipinski definition) is 3. The number of nitrogens with one attached hydrogen (secondary N) is 1. The zero-order valence-corrected chi connectivity index (χ0v) is 8.84. The molecular formula is C9H15N3S. The summed E-state index contributed by atoms with van der Waals surface area (Å²) in [5, 5.41) is 7.64. The lowest BCUT2D eigenvalue weighted by molar-refractivity contribution is 0.599. The molecule has 0 bridgehead atoms. The number of thioether (sulfide) groups is 1. The summed E-state index contributed by atoms with van der Waals surface area (Å²) in [6, 6.07) is 0.620. The molecule has 0 aromatic carbocycles. The Balaban J connectivity index is 1.97. The zero-order chi connectivity index (χ0) is 9.26. The fraction of sp³-hybridized carbons (Fsp3) is 0.667. The quantitative estimate of drug-likeness (QED) is 0.780. The van der Waals surface area contributed by atoms with Gasteiger partial charge in [0.1, 0.15) is 0 Å². The predicted molar refractivity (Wildman–Crippen MR) is 57.1 cm³/mol. The zero-order valence-electron chi connectivity index (χ0n) is 8.03. The van der Waals surface area contributed by atoms with Crippen LogP contribution in [0.5, 0.6) is 0 Å². The summed E-state index contributed by atoms with van der Waals surface area (Å²) in [5.74, 6) is 3.26. The number of aryl methyl sites for hydroxylation is 1. The van der Waals surface area contributed by atoms with Gasteiger partial charge in [0.2, 0.25) is 0 Å². The number of nitrogens with zero attached hydrogens (tertiary/aromatic N) is 2. The van der Waals surface area contributed by atoms with Crippen molar-refractivity contribution in [1.82, 2.24) is 9.78 Å². The maximum absolute atomic E-state index is 4.13. The van der Waals surface area contributed by atoms with Crippen LogP contribution in [-0.2, 0) is 7.05 Å². The van der Waals surface area contributed by atoms with E-state index in [1.165, 1.54) is 11.5 Å². The molecule has 0 radical (unpaired) electrons.